The van der Waals surface area contributed by atoms with Crippen LogP contribution in [0.1, 0.15) is 44.9 Å². The van der Waals surface area contributed by atoms with Crippen LogP contribution in [0, 0.1) is 0 Å². The van der Waals surface area contributed by atoms with Crippen molar-refractivity contribution < 1.29 is 19.1 Å². The van der Waals surface area contributed by atoms with Gasteiger partial charge in [0.1, 0.15) is 0 Å². The topological polar surface area (TPSA) is 79.9 Å². The van der Waals surface area contributed by atoms with E-state index >= 15 is 0 Å². The number of carbonyl (C=O) groups excluding carboxylic acids is 2. The fourth-order valence-electron chi connectivity index (χ4n) is 3.88. The minimum atomic E-state index is -0.198. The highest BCUT2D eigenvalue weighted by molar-refractivity contribution is 5.97. The third-order valence-electron chi connectivity index (χ3n) is 5.33. The number of carbonyl (C=O) groups is 2. The Balaban J connectivity index is 1.57. The van der Waals surface area contributed by atoms with E-state index in [4.69, 9.17) is 9.47 Å². The Labute approximate surface area is 160 Å². The van der Waals surface area contributed by atoms with Gasteiger partial charge >= 0.3 is 6.03 Å². The predicted octanol–water partition coefficient (Wildman–Crippen LogP) is 2.83. The van der Waals surface area contributed by atoms with Crippen molar-refractivity contribution in [3.8, 4) is 11.5 Å². The Morgan fingerprint density at radius 1 is 1.00 bits per heavy atom. The smallest absolute Gasteiger partial charge is 0.315 e. The molecule has 1 heterocycles. The van der Waals surface area contributed by atoms with Crippen molar-refractivity contribution in [2.45, 2.75) is 57.0 Å². The van der Waals surface area contributed by atoms with Crippen LogP contribution in [0.3, 0.4) is 0 Å². The SMILES string of the molecule is COc1ccc(N2CC(NC(=O)NC3CCCCCC3)CC2=O)cc1OC. The lowest BCUT2D eigenvalue weighted by Crippen LogP contribution is -2.47. The molecule has 148 valence electrons. The molecule has 1 unspecified atom stereocenters. The van der Waals surface area contributed by atoms with Crippen molar-refractivity contribution >= 4 is 17.6 Å². The molecule has 2 aliphatic rings. The van der Waals surface area contributed by atoms with Crippen molar-refractivity contribution in [3.05, 3.63) is 18.2 Å². The van der Waals surface area contributed by atoms with Gasteiger partial charge in [0.2, 0.25) is 5.91 Å². The molecule has 1 aromatic carbocycles. The van der Waals surface area contributed by atoms with Gasteiger partial charge in [0, 0.05) is 30.8 Å². The van der Waals surface area contributed by atoms with E-state index in [-0.39, 0.29) is 24.0 Å². The Morgan fingerprint density at radius 2 is 1.67 bits per heavy atom. The van der Waals surface area contributed by atoms with Crippen LogP contribution >= 0.6 is 0 Å². The van der Waals surface area contributed by atoms with Crippen LogP contribution in [-0.4, -0.2) is 44.8 Å². The molecule has 7 heteroatoms. The number of urea groups is 1. The van der Waals surface area contributed by atoms with Gasteiger partial charge in [-0.3, -0.25) is 4.79 Å². The number of benzene rings is 1. The van der Waals surface area contributed by atoms with Gasteiger partial charge in [0.15, 0.2) is 11.5 Å². The summed E-state index contributed by atoms with van der Waals surface area (Å²) in [6.45, 7) is 0.451. The van der Waals surface area contributed by atoms with E-state index < -0.39 is 0 Å². The van der Waals surface area contributed by atoms with E-state index in [2.05, 4.69) is 10.6 Å². The maximum absolute atomic E-state index is 12.4. The second-order valence-electron chi connectivity index (χ2n) is 7.25. The normalized spacial score (nSPS) is 20.9. The molecule has 0 radical (unpaired) electrons. The quantitative estimate of drug-likeness (QED) is 0.776. The van der Waals surface area contributed by atoms with E-state index in [9.17, 15) is 9.59 Å². The van der Waals surface area contributed by atoms with Crippen LogP contribution in [0.4, 0.5) is 10.5 Å². The van der Waals surface area contributed by atoms with E-state index in [0.717, 1.165) is 18.5 Å². The molecule has 7 nitrogen and oxygen atoms in total. The van der Waals surface area contributed by atoms with Crippen molar-refractivity contribution in [2.24, 2.45) is 0 Å². The van der Waals surface area contributed by atoms with Gasteiger partial charge in [0.05, 0.1) is 20.3 Å². The second-order valence-corrected chi connectivity index (χ2v) is 7.25. The molecule has 1 saturated carbocycles. The van der Waals surface area contributed by atoms with Gasteiger partial charge in [-0.2, -0.15) is 0 Å². The Bertz CT molecular complexity index is 671. The summed E-state index contributed by atoms with van der Waals surface area (Å²) in [5, 5.41) is 6.03. The molecule has 1 saturated heterocycles. The molecular weight excluding hydrogens is 346 g/mol. The van der Waals surface area contributed by atoms with Gasteiger partial charge < -0.3 is 25.0 Å². The van der Waals surface area contributed by atoms with Crippen LogP contribution < -0.4 is 25.0 Å². The standard InChI is InChI=1S/C20H29N3O4/c1-26-17-10-9-16(12-18(17)27-2)23-13-15(11-19(23)24)22-20(25)21-14-7-5-3-4-6-8-14/h9-10,12,14-15H,3-8,11,13H2,1-2H3,(H2,21,22,25). The summed E-state index contributed by atoms with van der Waals surface area (Å²) in [5.41, 5.74) is 0.742. The van der Waals surface area contributed by atoms with Gasteiger partial charge in [-0.15, -0.1) is 0 Å². The number of amides is 3. The first-order valence-electron chi connectivity index (χ1n) is 9.70. The molecule has 27 heavy (non-hydrogen) atoms. The largest absolute Gasteiger partial charge is 0.493 e. The van der Waals surface area contributed by atoms with E-state index in [1.807, 2.05) is 6.07 Å². The number of ether oxygens (including phenoxy) is 2. The number of methoxy groups -OCH3 is 2. The zero-order valence-electron chi connectivity index (χ0n) is 16.1. The molecular formula is C20H29N3O4. The molecule has 1 atom stereocenters. The molecule has 2 N–H and O–H groups in total. The first-order valence-corrected chi connectivity index (χ1v) is 9.70. The average Bonchev–Trinajstić information content (AvgIpc) is 2.85. The lowest BCUT2D eigenvalue weighted by Gasteiger charge is -2.20. The number of nitrogens with zero attached hydrogens (tertiary/aromatic N) is 1. The Kier molecular flexibility index (Phi) is 6.42. The van der Waals surface area contributed by atoms with E-state index in [1.54, 1.807) is 31.3 Å². The van der Waals surface area contributed by atoms with Crippen molar-refractivity contribution in [2.75, 3.05) is 25.7 Å². The summed E-state index contributed by atoms with van der Waals surface area (Å²) >= 11 is 0. The Hall–Kier alpha value is -2.44. The van der Waals surface area contributed by atoms with Crippen LogP contribution in [0.5, 0.6) is 11.5 Å². The molecule has 0 aromatic heterocycles. The number of nitrogens with one attached hydrogen (secondary N) is 2. The van der Waals surface area contributed by atoms with Crippen molar-refractivity contribution in [3.63, 3.8) is 0 Å². The number of hydrogen-bond acceptors (Lipinski definition) is 4. The highest BCUT2D eigenvalue weighted by Gasteiger charge is 2.32. The summed E-state index contributed by atoms with van der Waals surface area (Å²) in [5.74, 6) is 1.18. The first kappa shape index (κ1) is 19.3. The molecule has 3 rings (SSSR count). The highest BCUT2D eigenvalue weighted by Crippen LogP contribution is 2.33. The van der Waals surface area contributed by atoms with Gasteiger partial charge in [-0.1, -0.05) is 25.7 Å². The summed E-state index contributed by atoms with van der Waals surface area (Å²) in [4.78, 5) is 26.4. The molecule has 0 spiro atoms. The maximum Gasteiger partial charge on any atom is 0.315 e. The lowest BCUT2D eigenvalue weighted by molar-refractivity contribution is -0.117. The molecule has 1 aliphatic carbocycles. The third-order valence-corrected chi connectivity index (χ3v) is 5.33. The monoisotopic (exact) mass is 375 g/mol. The number of hydrogen-bond donors (Lipinski definition) is 2. The zero-order chi connectivity index (χ0) is 19.2. The average molecular weight is 375 g/mol. The molecule has 1 aliphatic heterocycles. The minimum absolute atomic E-state index is 0.0120. The second kappa shape index (κ2) is 8.97. The summed E-state index contributed by atoms with van der Waals surface area (Å²) in [6, 6.07) is 5.26. The fourth-order valence-corrected chi connectivity index (χ4v) is 3.88. The number of anilines is 1. The van der Waals surface area contributed by atoms with Crippen molar-refractivity contribution in [1.29, 1.82) is 0 Å². The third kappa shape index (κ3) is 4.84. The van der Waals surface area contributed by atoms with Gasteiger partial charge in [-0.25, -0.2) is 4.79 Å². The van der Waals surface area contributed by atoms with Crippen LogP contribution in [0.2, 0.25) is 0 Å². The molecule has 1 aromatic rings. The highest BCUT2D eigenvalue weighted by atomic mass is 16.5. The maximum atomic E-state index is 12.4. The lowest BCUT2D eigenvalue weighted by atomic mass is 10.1. The summed E-state index contributed by atoms with van der Waals surface area (Å²) in [7, 11) is 3.14. The van der Waals surface area contributed by atoms with Gasteiger partial charge in [0.25, 0.3) is 0 Å². The molecule has 3 amide bonds. The summed E-state index contributed by atoms with van der Waals surface area (Å²) < 4.78 is 10.6. The zero-order valence-corrected chi connectivity index (χ0v) is 16.1. The predicted molar refractivity (Wildman–Crippen MR) is 103 cm³/mol. The first-order chi connectivity index (χ1) is 13.1. The fraction of sp³-hybridized carbons (Fsp3) is 0.600. The molecule has 2 fully saturated rings. The van der Waals surface area contributed by atoms with E-state index in [0.29, 0.717) is 24.5 Å². The van der Waals surface area contributed by atoms with Crippen LogP contribution in [0.25, 0.3) is 0 Å². The minimum Gasteiger partial charge on any atom is -0.493 e. The van der Waals surface area contributed by atoms with Gasteiger partial charge in [-0.05, 0) is 25.0 Å². The van der Waals surface area contributed by atoms with Crippen LogP contribution in [0.15, 0.2) is 18.2 Å². The van der Waals surface area contributed by atoms with Crippen molar-refractivity contribution in [1.82, 2.24) is 10.6 Å². The number of rotatable bonds is 5. The van der Waals surface area contributed by atoms with E-state index in [1.165, 1.54) is 25.7 Å². The molecule has 0 bridgehead atoms. The van der Waals surface area contributed by atoms with Crippen LogP contribution in [-0.2, 0) is 4.79 Å². The summed E-state index contributed by atoms with van der Waals surface area (Å²) in [6.07, 6.45) is 7.20. The Morgan fingerprint density at radius 3 is 2.33 bits per heavy atom.